The molecule has 0 aliphatic carbocycles. The van der Waals surface area contributed by atoms with E-state index in [0.717, 1.165) is 24.8 Å². The Hall–Kier alpha value is -1.63. The fraction of sp³-hybridized carbons (Fsp3) is 0.583. The molecule has 0 radical (unpaired) electrons. The lowest BCUT2D eigenvalue weighted by molar-refractivity contribution is -0.114. The third-order valence-electron chi connectivity index (χ3n) is 2.06. The van der Waals surface area contributed by atoms with Gasteiger partial charge >= 0.3 is 0 Å². The molecule has 4 nitrogen and oxygen atoms in total. The summed E-state index contributed by atoms with van der Waals surface area (Å²) >= 11 is 0. The number of hydrogen-bond acceptors (Lipinski definition) is 2. The van der Waals surface area contributed by atoms with Gasteiger partial charge in [-0.1, -0.05) is 20.3 Å². The Morgan fingerprint density at radius 2 is 2.06 bits per heavy atom. The average molecular weight is 221 g/mol. The van der Waals surface area contributed by atoms with E-state index in [1.807, 2.05) is 19.9 Å². The zero-order chi connectivity index (χ0) is 12.6. The average Bonchev–Trinajstić information content (AvgIpc) is 2.26. The lowest BCUT2D eigenvalue weighted by Gasteiger charge is -2.05. The minimum absolute atomic E-state index is 0.197. The first-order valence-corrected chi connectivity index (χ1v) is 5.43. The smallest absolute Gasteiger partial charge is 0.288 e. The van der Waals surface area contributed by atoms with Gasteiger partial charge in [0.1, 0.15) is 11.6 Å². The molecule has 0 aromatic rings. The summed E-state index contributed by atoms with van der Waals surface area (Å²) in [7, 11) is 3.55. The van der Waals surface area contributed by atoms with Gasteiger partial charge in [-0.25, -0.2) is 0 Å². The highest BCUT2D eigenvalue weighted by molar-refractivity contribution is 6.01. The minimum Gasteiger partial charge on any atom is -0.369 e. The zero-order valence-electron chi connectivity index (χ0n) is 10.4. The molecule has 0 heterocycles. The van der Waals surface area contributed by atoms with Crippen molar-refractivity contribution in [2.24, 2.45) is 4.99 Å². The molecule has 0 unspecified atom stereocenters. The first-order chi connectivity index (χ1) is 7.56. The van der Waals surface area contributed by atoms with E-state index < -0.39 is 5.91 Å². The van der Waals surface area contributed by atoms with Crippen molar-refractivity contribution in [1.82, 2.24) is 4.90 Å². The third kappa shape index (κ3) is 4.74. The highest BCUT2D eigenvalue weighted by Gasteiger charge is 2.12. The van der Waals surface area contributed by atoms with Gasteiger partial charge in [-0.15, -0.1) is 0 Å². The number of nitrogens with zero attached hydrogens (tertiary/aromatic N) is 3. The maximum absolute atomic E-state index is 11.6. The van der Waals surface area contributed by atoms with E-state index in [9.17, 15) is 4.79 Å². The fourth-order valence-electron chi connectivity index (χ4n) is 1.29. The Morgan fingerprint density at radius 1 is 1.44 bits per heavy atom. The van der Waals surface area contributed by atoms with Crippen LogP contribution in [0.25, 0.3) is 0 Å². The molecule has 0 N–H and O–H groups in total. The van der Waals surface area contributed by atoms with Crippen LogP contribution in [0.4, 0.5) is 0 Å². The summed E-state index contributed by atoms with van der Waals surface area (Å²) in [5.41, 5.74) is 1.09. The van der Waals surface area contributed by atoms with Crippen LogP contribution >= 0.6 is 0 Å². The second-order valence-corrected chi connectivity index (χ2v) is 3.71. The standard InChI is InChI=1S/C12H19N3O/c1-5-7-10(6-2)11(8-13)12(16)14-9-15(3)4/h9H,5-7H2,1-4H3. The van der Waals surface area contributed by atoms with Crippen LogP contribution in [-0.4, -0.2) is 31.2 Å². The maximum atomic E-state index is 11.6. The molecule has 0 aromatic carbocycles. The van der Waals surface area contributed by atoms with E-state index in [1.54, 1.807) is 19.0 Å². The van der Waals surface area contributed by atoms with Crippen molar-refractivity contribution < 1.29 is 4.79 Å². The van der Waals surface area contributed by atoms with Gasteiger partial charge in [0.05, 0.1) is 6.34 Å². The number of aliphatic imine (C=N–C) groups is 1. The predicted octanol–water partition coefficient (Wildman–Crippen LogP) is 2.13. The topological polar surface area (TPSA) is 56.5 Å². The van der Waals surface area contributed by atoms with E-state index in [0.29, 0.717) is 0 Å². The van der Waals surface area contributed by atoms with Gasteiger partial charge in [-0.05, 0) is 18.4 Å². The number of nitriles is 1. The summed E-state index contributed by atoms with van der Waals surface area (Å²) in [6.45, 7) is 3.98. The summed E-state index contributed by atoms with van der Waals surface area (Å²) in [5, 5.41) is 8.97. The Morgan fingerprint density at radius 3 is 2.44 bits per heavy atom. The van der Waals surface area contributed by atoms with Crippen molar-refractivity contribution in [3.63, 3.8) is 0 Å². The van der Waals surface area contributed by atoms with Gasteiger partial charge in [0.2, 0.25) is 0 Å². The van der Waals surface area contributed by atoms with Gasteiger partial charge < -0.3 is 4.90 Å². The molecule has 0 aliphatic heterocycles. The van der Waals surface area contributed by atoms with Crippen LogP contribution in [0.2, 0.25) is 0 Å². The monoisotopic (exact) mass is 221 g/mol. The SMILES string of the molecule is CCCC(CC)=C(C#N)C(=O)N=CN(C)C. The van der Waals surface area contributed by atoms with E-state index >= 15 is 0 Å². The van der Waals surface area contributed by atoms with Crippen LogP contribution in [0.3, 0.4) is 0 Å². The molecule has 0 saturated heterocycles. The second-order valence-electron chi connectivity index (χ2n) is 3.71. The Balaban J connectivity index is 4.98. The van der Waals surface area contributed by atoms with E-state index in [-0.39, 0.29) is 5.57 Å². The minimum atomic E-state index is -0.443. The third-order valence-corrected chi connectivity index (χ3v) is 2.06. The number of hydrogen-bond donors (Lipinski definition) is 0. The molecule has 0 bridgehead atoms. The Bertz CT molecular complexity index is 335. The number of rotatable bonds is 5. The van der Waals surface area contributed by atoms with Crippen LogP contribution < -0.4 is 0 Å². The zero-order valence-corrected chi connectivity index (χ0v) is 10.4. The van der Waals surface area contributed by atoms with Crippen LogP contribution in [0.5, 0.6) is 0 Å². The van der Waals surface area contributed by atoms with Gasteiger partial charge in [-0.2, -0.15) is 10.3 Å². The summed E-state index contributed by atoms with van der Waals surface area (Å²) in [4.78, 5) is 17.0. The van der Waals surface area contributed by atoms with E-state index in [1.165, 1.54) is 6.34 Å². The predicted molar refractivity (Wildman–Crippen MR) is 65.0 cm³/mol. The molecule has 4 heteroatoms. The Kier molecular flexibility index (Phi) is 6.86. The molecule has 0 rings (SSSR count). The summed E-state index contributed by atoms with van der Waals surface area (Å²) in [5.74, 6) is -0.443. The summed E-state index contributed by atoms with van der Waals surface area (Å²) < 4.78 is 0. The molecular weight excluding hydrogens is 202 g/mol. The molecule has 16 heavy (non-hydrogen) atoms. The van der Waals surface area contributed by atoms with Crippen molar-refractivity contribution in [3.05, 3.63) is 11.1 Å². The van der Waals surface area contributed by atoms with Gasteiger partial charge in [0.15, 0.2) is 0 Å². The number of amides is 1. The largest absolute Gasteiger partial charge is 0.369 e. The summed E-state index contributed by atoms with van der Waals surface area (Å²) in [6.07, 6.45) is 3.85. The van der Waals surface area contributed by atoms with Crippen molar-refractivity contribution in [1.29, 1.82) is 5.26 Å². The molecular formula is C12H19N3O. The molecule has 0 fully saturated rings. The highest BCUT2D eigenvalue weighted by atomic mass is 16.1. The van der Waals surface area contributed by atoms with Gasteiger partial charge in [0, 0.05) is 14.1 Å². The number of carbonyl (C=O) groups is 1. The van der Waals surface area contributed by atoms with Crippen molar-refractivity contribution >= 4 is 12.2 Å². The van der Waals surface area contributed by atoms with Crippen molar-refractivity contribution in [2.45, 2.75) is 33.1 Å². The van der Waals surface area contributed by atoms with Crippen molar-refractivity contribution in [2.75, 3.05) is 14.1 Å². The van der Waals surface area contributed by atoms with Crippen LogP contribution in [0.1, 0.15) is 33.1 Å². The fourth-order valence-corrected chi connectivity index (χ4v) is 1.29. The first-order valence-electron chi connectivity index (χ1n) is 5.43. The van der Waals surface area contributed by atoms with E-state index in [2.05, 4.69) is 4.99 Å². The molecule has 0 atom stereocenters. The lowest BCUT2D eigenvalue weighted by atomic mass is 10.0. The first kappa shape index (κ1) is 14.4. The number of carbonyl (C=O) groups excluding carboxylic acids is 1. The highest BCUT2D eigenvalue weighted by Crippen LogP contribution is 2.15. The Labute approximate surface area is 97.3 Å². The molecule has 88 valence electrons. The molecule has 0 aromatic heterocycles. The van der Waals surface area contributed by atoms with Crippen LogP contribution in [-0.2, 0) is 4.79 Å². The van der Waals surface area contributed by atoms with Crippen LogP contribution in [0, 0.1) is 11.3 Å². The van der Waals surface area contributed by atoms with E-state index in [4.69, 9.17) is 5.26 Å². The van der Waals surface area contributed by atoms with Gasteiger partial charge in [0.25, 0.3) is 5.91 Å². The molecule has 0 saturated carbocycles. The number of allylic oxidation sites excluding steroid dienone is 1. The van der Waals surface area contributed by atoms with Crippen molar-refractivity contribution in [3.8, 4) is 6.07 Å². The van der Waals surface area contributed by atoms with Gasteiger partial charge in [-0.3, -0.25) is 4.79 Å². The molecule has 0 spiro atoms. The molecule has 1 amide bonds. The molecule has 0 aliphatic rings. The van der Waals surface area contributed by atoms with Crippen LogP contribution in [0.15, 0.2) is 16.1 Å². The maximum Gasteiger partial charge on any atom is 0.288 e. The normalized spacial score (nSPS) is 12.2. The second kappa shape index (κ2) is 7.63. The quantitative estimate of drug-likeness (QED) is 0.309. The lowest BCUT2D eigenvalue weighted by Crippen LogP contribution is -2.11. The summed E-state index contributed by atoms with van der Waals surface area (Å²) in [6, 6.07) is 1.96.